The predicted octanol–water partition coefficient (Wildman–Crippen LogP) is 3.08. The molecule has 148 valence electrons. The molecule has 2 fully saturated rings. The Labute approximate surface area is 144 Å². The van der Waals surface area contributed by atoms with Crippen molar-refractivity contribution in [2.75, 3.05) is 52.9 Å². The topological polar surface area (TPSA) is 46.2 Å². The second-order valence-corrected chi connectivity index (χ2v) is 7.04. The van der Waals surface area contributed by atoms with Crippen molar-refractivity contribution in [1.29, 1.82) is 0 Å². The Balaban J connectivity index is 1.66. The molecular formula is C16H26F4O5. The van der Waals surface area contributed by atoms with Gasteiger partial charge in [-0.2, -0.15) is 17.6 Å². The predicted molar refractivity (Wildman–Crippen MR) is 79.7 cm³/mol. The van der Waals surface area contributed by atoms with Crippen molar-refractivity contribution in [3.8, 4) is 0 Å². The minimum atomic E-state index is -3.64. The molecule has 2 saturated heterocycles. The van der Waals surface area contributed by atoms with Crippen LogP contribution in [0.25, 0.3) is 0 Å². The van der Waals surface area contributed by atoms with Crippen LogP contribution >= 0.6 is 0 Å². The van der Waals surface area contributed by atoms with Gasteiger partial charge in [0, 0.05) is 10.8 Å². The molecule has 2 heterocycles. The van der Waals surface area contributed by atoms with Gasteiger partial charge in [-0.15, -0.1) is 0 Å². The molecule has 0 amide bonds. The SMILES string of the molecule is CCC1(COC(F)(F)COCC(F)(F)OCC2(CC)COC2)COC1. The molecule has 2 rings (SSSR count). The number of rotatable bonds is 12. The number of hydrogen-bond donors (Lipinski definition) is 0. The van der Waals surface area contributed by atoms with Gasteiger partial charge in [0.2, 0.25) is 0 Å². The zero-order chi connectivity index (χ0) is 18.6. The molecule has 0 aromatic rings. The van der Waals surface area contributed by atoms with Crippen LogP contribution in [0.3, 0.4) is 0 Å². The molecule has 2 aliphatic rings. The molecule has 5 nitrogen and oxygen atoms in total. The molecule has 0 aliphatic carbocycles. The van der Waals surface area contributed by atoms with Crippen LogP contribution in [0.2, 0.25) is 0 Å². The Morgan fingerprint density at radius 2 is 1.12 bits per heavy atom. The lowest BCUT2D eigenvalue weighted by atomic mass is 9.84. The van der Waals surface area contributed by atoms with Gasteiger partial charge in [0.25, 0.3) is 0 Å². The van der Waals surface area contributed by atoms with E-state index in [0.717, 1.165) is 0 Å². The second kappa shape index (κ2) is 8.04. The molecule has 0 N–H and O–H groups in total. The summed E-state index contributed by atoms with van der Waals surface area (Å²) in [5.41, 5.74) is -0.842. The second-order valence-electron chi connectivity index (χ2n) is 7.04. The summed E-state index contributed by atoms with van der Waals surface area (Å²) < 4.78 is 78.1. The van der Waals surface area contributed by atoms with Crippen LogP contribution in [-0.4, -0.2) is 65.1 Å². The summed E-state index contributed by atoms with van der Waals surface area (Å²) in [6.45, 7) is 2.22. The van der Waals surface area contributed by atoms with E-state index >= 15 is 0 Å². The molecule has 2 aliphatic heterocycles. The third-order valence-electron chi connectivity index (χ3n) is 4.85. The first-order valence-corrected chi connectivity index (χ1v) is 8.42. The third-order valence-corrected chi connectivity index (χ3v) is 4.85. The maximum atomic E-state index is 13.6. The smallest absolute Gasteiger partial charge is 0.379 e. The van der Waals surface area contributed by atoms with Crippen molar-refractivity contribution < 1.29 is 41.2 Å². The van der Waals surface area contributed by atoms with Gasteiger partial charge in [-0.25, -0.2) is 0 Å². The summed E-state index contributed by atoms with van der Waals surface area (Å²) in [5, 5.41) is 0. The van der Waals surface area contributed by atoms with E-state index in [9.17, 15) is 17.6 Å². The van der Waals surface area contributed by atoms with Crippen LogP contribution in [-0.2, 0) is 23.7 Å². The third kappa shape index (κ3) is 5.75. The van der Waals surface area contributed by atoms with E-state index in [-0.39, 0.29) is 13.2 Å². The summed E-state index contributed by atoms with van der Waals surface area (Å²) in [4.78, 5) is 0. The Hall–Kier alpha value is -0.480. The van der Waals surface area contributed by atoms with E-state index in [0.29, 0.717) is 39.3 Å². The lowest BCUT2D eigenvalue weighted by molar-refractivity contribution is -0.320. The molecule has 0 aromatic heterocycles. The van der Waals surface area contributed by atoms with Crippen LogP contribution in [0, 0.1) is 10.8 Å². The van der Waals surface area contributed by atoms with Crippen LogP contribution in [0.15, 0.2) is 0 Å². The Morgan fingerprint density at radius 3 is 1.36 bits per heavy atom. The largest absolute Gasteiger partial charge is 0.380 e. The van der Waals surface area contributed by atoms with Crippen molar-refractivity contribution in [1.82, 2.24) is 0 Å². The molecule has 0 unspecified atom stereocenters. The lowest BCUT2D eigenvalue weighted by Gasteiger charge is -2.41. The minimum absolute atomic E-state index is 0.203. The quantitative estimate of drug-likeness (QED) is 0.492. The van der Waals surface area contributed by atoms with Crippen molar-refractivity contribution in [2.45, 2.75) is 38.9 Å². The minimum Gasteiger partial charge on any atom is -0.380 e. The van der Waals surface area contributed by atoms with E-state index in [4.69, 9.17) is 9.47 Å². The van der Waals surface area contributed by atoms with E-state index in [1.165, 1.54) is 0 Å². The molecule has 0 spiro atoms. The van der Waals surface area contributed by atoms with Gasteiger partial charge in [0.1, 0.15) is 13.2 Å². The van der Waals surface area contributed by atoms with Crippen LogP contribution < -0.4 is 0 Å². The zero-order valence-corrected chi connectivity index (χ0v) is 14.6. The Morgan fingerprint density at radius 1 is 0.760 bits per heavy atom. The fourth-order valence-electron chi connectivity index (χ4n) is 2.45. The van der Waals surface area contributed by atoms with Crippen LogP contribution in [0.1, 0.15) is 26.7 Å². The monoisotopic (exact) mass is 374 g/mol. The van der Waals surface area contributed by atoms with E-state index in [2.05, 4.69) is 14.2 Å². The molecule has 25 heavy (non-hydrogen) atoms. The summed E-state index contributed by atoms with van der Waals surface area (Å²) >= 11 is 0. The molecule has 0 radical (unpaired) electrons. The normalized spacial score (nSPS) is 22.3. The summed E-state index contributed by atoms with van der Waals surface area (Å²) in [6.07, 6.45) is -6.00. The van der Waals surface area contributed by atoms with E-state index in [1.807, 2.05) is 13.8 Å². The molecule has 0 atom stereocenters. The number of hydrogen-bond acceptors (Lipinski definition) is 5. The van der Waals surface area contributed by atoms with Crippen LogP contribution in [0.5, 0.6) is 0 Å². The summed E-state index contributed by atoms with van der Waals surface area (Å²) in [7, 11) is 0. The maximum Gasteiger partial charge on any atom is 0.379 e. The van der Waals surface area contributed by atoms with Crippen molar-refractivity contribution in [3.05, 3.63) is 0 Å². The first kappa shape index (κ1) is 20.8. The van der Waals surface area contributed by atoms with Gasteiger partial charge in [-0.3, -0.25) is 0 Å². The molecule has 0 bridgehead atoms. The van der Waals surface area contributed by atoms with Gasteiger partial charge in [-0.05, 0) is 12.8 Å². The highest BCUT2D eigenvalue weighted by Crippen LogP contribution is 2.35. The molecule has 0 saturated carbocycles. The first-order valence-electron chi connectivity index (χ1n) is 8.42. The number of halogens is 4. The average molecular weight is 374 g/mol. The van der Waals surface area contributed by atoms with Crippen molar-refractivity contribution in [2.24, 2.45) is 10.8 Å². The highest BCUT2D eigenvalue weighted by Gasteiger charge is 2.44. The van der Waals surface area contributed by atoms with E-state index < -0.39 is 36.3 Å². The first-order chi connectivity index (χ1) is 11.7. The fourth-order valence-corrected chi connectivity index (χ4v) is 2.45. The number of ether oxygens (including phenoxy) is 5. The standard InChI is InChI=1S/C16H26F4O5/c1-3-13(5-21-6-13)9-24-15(17,18)11-23-12-16(19,20)25-10-14(4-2)7-22-8-14/h3-12H2,1-2H3. The molecule has 0 aromatic carbocycles. The Kier molecular flexibility index (Phi) is 6.70. The molecular weight excluding hydrogens is 348 g/mol. The summed E-state index contributed by atoms with van der Waals surface area (Å²) in [6, 6.07) is 0. The summed E-state index contributed by atoms with van der Waals surface area (Å²) in [5.74, 6) is 0. The van der Waals surface area contributed by atoms with Gasteiger partial charge < -0.3 is 23.7 Å². The Bertz CT molecular complexity index is 376. The zero-order valence-electron chi connectivity index (χ0n) is 14.6. The van der Waals surface area contributed by atoms with Gasteiger partial charge in [0.05, 0.1) is 39.6 Å². The van der Waals surface area contributed by atoms with Crippen molar-refractivity contribution >= 4 is 0 Å². The highest BCUT2D eigenvalue weighted by atomic mass is 19.3. The number of alkyl halides is 4. The maximum absolute atomic E-state index is 13.6. The van der Waals surface area contributed by atoms with Crippen molar-refractivity contribution in [3.63, 3.8) is 0 Å². The van der Waals surface area contributed by atoms with Gasteiger partial charge in [0.15, 0.2) is 0 Å². The van der Waals surface area contributed by atoms with Gasteiger partial charge in [-0.1, -0.05) is 13.8 Å². The van der Waals surface area contributed by atoms with Crippen LogP contribution in [0.4, 0.5) is 17.6 Å². The molecule has 9 heteroatoms. The highest BCUT2D eigenvalue weighted by molar-refractivity contribution is 4.85. The van der Waals surface area contributed by atoms with Gasteiger partial charge >= 0.3 is 12.2 Å². The average Bonchev–Trinajstić information content (AvgIpc) is 2.45. The van der Waals surface area contributed by atoms with E-state index in [1.54, 1.807) is 0 Å². The fraction of sp³-hybridized carbons (Fsp3) is 1.00. The lowest BCUT2D eigenvalue weighted by Crippen LogP contribution is -2.48.